The van der Waals surface area contributed by atoms with E-state index in [4.69, 9.17) is 25.6 Å². The number of hydrogen-bond donors (Lipinski definition) is 4. The molecule has 3 heterocycles. The molecular weight excluding hydrogens is 484 g/mol. The lowest BCUT2D eigenvalue weighted by atomic mass is 10.1. The third-order valence-corrected chi connectivity index (χ3v) is 7.04. The van der Waals surface area contributed by atoms with Crippen molar-refractivity contribution in [2.75, 3.05) is 25.5 Å². The Bertz CT molecular complexity index is 1150. The van der Waals surface area contributed by atoms with Gasteiger partial charge in [-0.05, 0) is 10.7 Å². The van der Waals surface area contributed by atoms with Crippen molar-refractivity contribution in [2.24, 2.45) is 16.0 Å². The molecule has 1 aromatic heterocycles. The molecule has 182 valence electrons. The van der Waals surface area contributed by atoms with Crippen LogP contribution in [0.1, 0.15) is 12.2 Å². The van der Waals surface area contributed by atoms with Gasteiger partial charge in [0, 0.05) is 18.0 Å². The van der Waals surface area contributed by atoms with Crippen LogP contribution in [0.4, 0.5) is 10.6 Å². The van der Waals surface area contributed by atoms with Gasteiger partial charge < -0.3 is 25.6 Å². The Morgan fingerprint density at radius 1 is 1.42 bits per heavy atom. The Morgan fingerprint density at radius 3 is 2.70 bits per heavy atom. The average molecular weight is 507 g/mol. The molecule has 0 aliphatic carbocycles. The number of ether oxygens (including phenoxy) is 1. The molecule has 3 rings (SSSR count). The first-order valence-electron chi connectivity index (χ1n) is 9.14. The maximum absolute atomic E-state index is 12.7. The number of aromatic nitrogens is 1. The van der Waals surface area contributed by atoms with E-state index in [1.54, 1.807) is 10.1 Å². The predicted octanol–water partition coefficient (Wildman–Crippen LogP) is -1.79. The van der Waals surface area contributed by atoms with Crippen molar-refractivity contribution in [1.29, 1.82) is 0 Å². The van der Waals surface area contributed by atoms with Crippen molar-refractivity contribution in [2.45, 2.75) is 24.9 Å². The SMILES string of the molecule is CO/N=S1/C=C(CC(N)=O)N(C2CN(C(=O)NS(=O)(=O)Nc3noc(C)c3OC)C2=O)C1N. The highest BCUT2D eigenvalue weighted by molar-refractivity contribution is 7.91. The minimum Gasteiger partial charge on any atom is -0.490 e. The molecule has 0 radical (unpaired) electrons. The Balaban J connectivity index is 1.68. The van der Waals surface area contributed by atoms with Crippen LogP contribution in [0.25, 0.3) is 0 Å². The normalized spacial score (nSPS) is 22.7. The Labute approximate surface area is 190 Å². The van der Waals surface area contributed by atoms with Gasteiger partial charge in [0.2, 0.25) is 17.5 Å². The van der Waals surface area contributed by atoms with Gasteiger partial charge in [-0.2, -0.15) is 8.42 Å². The highest BCUT2D eigenvalue weighted by Crippen LogP contribution is 2.31. The summed E-state index contributed by atoms with van der Waals surface area (Å²) in [4.78, 5) is 43.3. The van der Waals surface area contributed by atoms with Crippen LogP contribution in [0, 0.1) is 6.92 Å². The summed E-state index contributed by atoms with van der Waals surface area (Å²) >= 11 is 0. The third-order valence-electron chi connectivity index (χ3n) is 4.58. The molecule has 33 heavy (non-hydrogen) atoms. The summed E-state index contributed by atoms with van der Waals surface area (Å²) in [5.41, 5.74) is 10.9. The van der Waals surface area contributed by atoms with E-state index < -0.39 is 50.3 Å². The fourth-order valence-corrected chi connectivity index (χ4v) is 5.40. The topological polar surface area (TPSA) is 225 Å². The van der Waals surface area contributed by atoms with Gasteiger partial charge in [-0.25, -0.2) is 19.1 Å². The van der Waals surface area contributed by atoms with Crippen molar-refractivity contribution in [3.8, 4) is 5.75 Å². The second-order valence-electron chi connectivity index (χ2n) is 6.75. The number of rotatable bonds is 8. The van der Waals surface area contributed by atoms with E-state index in [2.05, 4.69) is 9.68 Å². The molecule has 6 N–H and O–H groups in total. The zero-order valence-electron chi connectivity index (χ0n) is 17.7. The van der Waals surface area contributed by atoms with E-state index in [9.17, 15) is 22.8 Å². The fourth-order valence-electron chi connectivity index (χ4n) is 3.18. The second-order valence-corrected chi connectivity index (χ2v) is 9.73. The van der Waals surface area contributed by atoms with E-state index in [0.717, 1.165) is 0 Å². The van der Waals surface area contributed by atoms with Crippen LogP contribution >= 0.6 is 0 Å². The first-order chi connectivity index (χ1) is 15.5. The monoisotopic (exact) mass is 506 g/mol. The minimum atomic E-state index is -4.47. The summed E-state index contributed by atoms with van der Waals surface area (Å²) in [7, 11) is -2.85. The molecule has 0 aromatic carbocycles. The minimum absolute atomic E-state index is 0.0292. The molecule has 0 saturated carbocycles. The molecule has 1 aromatic rings. The lowest BCUT2D eigenvalue weighted by Gasteiger charge is -2.44. The number of β-lactam (4-membered cyclic amide) rings is 1. The number of likely N-dealkylation sites (tertiary alicyclic amines) is 1. The standard InChI is InChI=1S/C15H22N8O8S2/c1-7-11(29-2)12(18-31-7)19-33(27,28)20-15(26)22-5-9(13(22)25)23-8(4-10(16)24)6-32(14(23)17)21-30-3/h6,9,14H,4-5,17H2,1-3H3,(H2,16,24)(H,18,19)(H,20,26). The summed E-state index contributed by atoms with van der Waals surface area (Å²) in [5.74, 6) is -1.42. The summed E-state index contributed by atoms with van der Waals surface area (Å²) in [5, 5.41) is 5.06. The van der Waals surface area contributed by atoms with Crippen molar-refractivity contribution in [3.05, 3.63) is 16.9 Å². The number of methoxy groups -OCH3 is 1. The van der Waals surface area contributed by atoms with Crippen LogP contribution in [-0.4, -0.2) is 73.5 Å². The number of hydrogen-bond acceptors (Lipinski definition) is 12. The number of carbonyl (C=O) groups excluding carboxylic acids is 3. The highest BCUT2D eigenvalue weighted by Gasteiger charge is 2.49. The van der Waals surface area contributed by atoms with Gasteiger partial charge >= 0.3 is 16.2 Å². The number of carbonyl (C=O) groups is 3. The number of primary amides is 1. The zero-order chi connectivity index (χ0) is 24.5. The zero-order valence-corrected chi connectivity index (χ0v) is 19.3. The molecule has 0 spiro atoms. The second kappa shape index (κ2) is 9.33. The van der Waals surface area contributed by atoms with Gasteiger partial charge in [0.15, 0.2) is 5.76 Å². The summed E-state index contributed by atoms with van der Waals surface area (Å²) in [6.07, 6.45) is -0.205. The largest absolute Gasteiger partial charge is 0.490 e. The fraction of sp³-hybridized carbons (Fsp3) is 0.467. The maximum atomic E-state index is 12.7. The van der Waals surface area contributed by atoms with Crippen molar-refractivity contribution in [3.63, 3.8) is 0 Å². The van der Waals surface area contributed by atoms with Crippen LogP contribution in [0.5, 0.6) is 5.75 Å². The number of nitrogens with two attached hydrogens (primary N) is 2. The van der Waals surface area contributed by atoms with Crippen LogP contribution in [0.2, 0.25) is 0 Å². The van der Waals surface area contributed by atoms with Crippen molar-refractivity contribution >= 4 is 44.6 Å². The van der Waals surface area contributed by atoms with E-state index in [1.165, 1.54) is 26.0 Å². The molecule has 16 nitrogen and oxygen atoms in total. The number of nitrogens with one attached hydrogen (secondary N) is 2. The van der Waals surface area contributed by atoms with Crippen LogP contribution in [0.3, 0.4) is 0 Å². The number of nitrogens with zero attached hydrogens (tertiary/aromatic N) is 4. The molecule has 3 atom stereocenters. The molecule has 1 fully saturated rings. The quantitative estimate of drug-likeness (QED) is 0.227. The Hall–Kier alpha value is -3.22. The first-order valence-corrected chi connectivity index (χ1v) is 11.9. The van der Waals surface area contributed by atoms with Crippen LogP contribution < -0.4 is 25.6 Å². The molecule has 2 aliphatic rings. The summed E-state index contributed by atoms with van der Waals surface area (Å²) in [6, 6.07) is -2.12. The third kappa shape index (κ3) is 4.92. The van der Waals surface area contributed by atoms with Gasteiger partial charge in [-0.1, -0.05) is 5.16 Å². The van der Waals surface area contributed by atoms with Crippen molar-refractivity contribution in [1.82, 2.24) is 19.7 Å². The number of urea groups is 1. The molecule has 1 saturated heterocycles. The summed E-state index contributed by atoms with van der Waals surface area (Å²) in [6.45, 7) is 1.30. The smallest absolute Gasteiger partial charge is 0.339 e. The molecule has 18 heteroatoms. The molecule has 0 bridgehead atoms. The van der Waals surface area contributed by atoms with E-state index >= 15 is 0 Å². The lowest BCUT2D eigenvalue weighted by molar-refractivity contribution is -0.144. The molecule has 2 aliphatic heterocycles. The lowest BCUT2D eigenvalue weighted by Crippen LogP contribution is -2.69. The number of anilines is 1. The number of imide groups is 1. The molecule has 4 amide bonds. The van der Waals surface area contributed by atoms with Gasteiger partial charge in [0.1, 0.15) is 11.5 Å². The van der Waals surface area contributed by atoms with E-state index in [1.807, 2.05) is 4.72 Å². The van der Waals surface area contributed by atoms with Gasteiger partial charge in [-0.3, -0.25) is 14.5 Å². The van der Waals surface area contributed by atoms with E-state index in [-0.39, 0.29) is 30.3 Å². The molecular formula is C15H22N8O8S2. The van der Waals surface area contributed by atoms with Gasteiger partial charge in [-0.15, -0.1) is 4.53 Å². The Morgan fingerprint density at radius 2 is 2.12 bits per heavy atom. The van der Waals surface area contributed by atoms with Gasteiger partial charge in [0.05, 0.1) is 27.2 Å². The number of amides is 4. The predicted molar refractivity (Wildman–Crippen MR) is 113 cm³/mol. The van der Waals surface area contributed by atoms with E-state index in [0.29, 0.717) is 10.6 Å². The highest BCUT2D eigenvalue weighted by atomic mass is 32.2. The summed E-state index contributed by atoms with van der Waals surface area (Å²) < 4.78 is 41.9. The van der Waals surface area contributed by atoms with Crippen molar-refractivity contribution < 1.29 is 36.9 Å². The van der Waals surface area contributed by atoms with Crippen LogP contribution in [0.15, 0.2) is 20.2 Å². The average Bonchev–Trinajstić information content (AvgIpc) is 3.19. The first kappa shape index (κ1) is 24.4. The molecule has 3 unspecified atom stereocenters. The van der Waals surface area contributed by atoms with Gasteiger partial charge in [0.25, 0.3) is 5.91 Å². The Kier molecular flexibility index (Phi) is 6.91. The number of aryl methyl sites for hydroxylation is 1. The maximum Gasteiger partial charge on any atom is 0.339 e. The van der Waals surface area contributed by atoms with Crippen LogP contribution in [-0.2, 0) is 35.3 Å².